The van der Waals surface area contributed by atoms with Crippen molar-refractivity contribution in [3.8, 4) is 0 Å². The van der Waals surface area contributed by atoms with Gasteiger partial charge in [-0.1, -0.05) is 30.3 Å². The Bertz CT molecular complexity index is 591. The van der Waals surface area contributed by atoms with Crippen LogP contribution in [-0.2, 0) is 20.9 Å². The standard InChI is InChI=1S/C14H17N3O7/c18-11(19)7-6-10(12(20)21)15-13(22)16-17-14(23)24-8-9-4-2-1-3-5-9/h1-5,10H,6-8H2,(H,17,23)(H,18,19)(H,20,21)(H2,15,16,22)/t10-/m0/s1. The lowest BCUT2D eigenvalue weighted by molar-refractivity contribution is -0.140. The predicted molar refractivity (Wildman–Crippen MR) is 79.7 cm³/mol. The minimum absolute atomic E-state index is 0.00760. The van der Waals surface area contributed by atoms with E-state index in [0.29, 0.717) is 0 Å². The number of hydrogen-bond acceptors (Lipinski definition) is 5. The highest BCUT2D eigenvalue weighted by Crippen LogP contribution is 2.00. The number of urea groups is 1. The number of carbonyl (C=O) groups excluding carboxylic acids is 2. The molecular formula is C14H17N3O7. The molecule has 0 bridgehead atoms. The van der Waals surface area contributed by atoms with Gasteiger partial charge < -0.3 is 20.3 Å². The Kier molecular flexibility index (Phi) is 7.55. The number of amides is 3. The number of hydrazine groups is 1. The molecule has 1 atom stereocenters. The van der Waals surface area contributed by atoms with Gasteiger partial charge in [-0.3, -0.25) is 4.79 Å². The Morgan fingerprint density at radius 2 is 1.71 bits per heavy atom. The van der Waals surface area contributed by atoms with Gasteiger partial charge in [0.15, 0.2) is 0 Å². The minimum atomic E-state index is -1.40. The van der Waals surface area contributed by atoms with E-state index in [1.165, 1.54) is 0 Å². The molecular weight excluding hydrogens is 322 g/mol. The third-order valence-electron chi connectivity index (χ3n) is 2.74. The maximum Gasteiger partial charge on any atom is 0.426 e. The molecule has 0 saturated carbocycles. The first-order valence-corrected chi connectivity index (χ1v) is 6.86. The Hall–Kier alpha value is -3.30. The lowest BCUT2D eigenvalue weighted by atomic mass is 10.1. The van der Waals surface area contributed by atoms with E-state index in [-0.39, 0.29) is 13.0 Å². The minimum Gasteiger partial charge on any atom is -0.481 e. The van der Waals surface area contributed by atoms with Crippen molar-refractivity contribution in [3.05, 3.63) is 35.9 Å². The van der Waals surface area contributed by atoms with Crippen molar-refractivity contribution >= 4 is 24.1 Å². The summed E-state index contributed by atoms with van der Waals surface area (Å²) in [5, 5.41) is 19.4. The van der Waals surface area contributed by atoms with Crippen LogP contribution in [0.5, 0.6) is 0 Å². The number of carbonyl (C=O) groups is 4. The lowest BCUT2D eigenvalue weighted by Crippen LogP contribution is -2.52. The summed E-state index contributed by atoms with van der Waals surface area (Å²) in [5.41, 5.74) is 4.58. The van der Waals surface area contributed by atoms with Gasteiger partial charge in [-0.2, -0.15) is 0 Å². The van der Waals surface area contributed by atoms with E-state index in [4.69, 9.17) is 14.9 Å². The topological polar surface area (TPSA) is 154 Å². The van der Waals surface area contributed by atoms with E-state index < -0.39 is 36.5 Å². The van der Waals surface area contributed by atoms with Gasteiger partial charge in [0.1, 0.15) is 12.6 Å². The SMILES string of the molecule is O=C(O)CC[C@H](NC(=O)NNC(=O)OCc1ccccc1)C(=O)O. The van der Waals surface area contributed by atoms with Crippen LogP contribution in [0.1, 0.15) is 18.4 Å². The molecule has 0 unspecified atom stereocenters. The van der Waals surface area contributed by atoms with E-state index in [0.717, 1.165) is 5.56 Å². The Labute approximate surface area is 136 Å². The van der Waals surface area contributed by atoms with E-state index in [1.807, 2.05) is 16.2 Å². The lowest BCUT2D eigenvalue weighted by Gasteiger charge is -2.14. The Morgan fingerprint density at radius 1 is 1.04 bits per heavy atom. The summed E-state index contributed by atoms with van der Waals surface area (Å²) in [7, 11) is 0. The second-order valence-electron chi connectivity index (χ2n) is 4.61. The number of benzene rings is 1. The largest absolute Gasteiger partial charge is 0.481 e. The van der Waals surface area contributed by atoms with E-state index in [2.05, 4.69) is 0 Å². The summed E-state index contributed by atoms with van der Waals surface area (Å²) >= 11 is 0. The van der Waals surface area contributed by atoms with Crippen LogP contribution in [0.3, 0.4) is 0 Å². The number of hydrogen-bond donors (Lipinski definition) is 5. The number of rotatable bonds is 7. The molecule has 3 amide bonds. The summed E-state index contributed by atoms with van der Waals surface area (Å²) in [6.45, 7) is -0.00760. The first-order valence-electron chi connectivity index (χ1n) is 6.86. The predicted octanol–water partition coefficient (Wildman–Crippen LogP) is 0.445. The Balaban J connectivity index is 2.31. The quantitative estimate of drug-likeness (QED) is 0.452. The van der Waals surface area contributed by atoms with E-state index >= 15 is 0 Å². The van der Waals surface area contributed by atoms with E-state index in [9.17, 15) is 19.2 Å². The first-order chi connectivity index (χ1) is 11.4. The third-order valence-corrected chi connectivity index (χ3v) is 2.74. The molecule has 24 heavy (non-hydrogen) atoms. The fourth-order valence-corrected chi connectivity index (χ4v) is 1.59. The van der Waals surface area contributed by atoms with Crippen molar-refractivity contribution in [1.29, 1.82) is 0 Å². The van der Waals surface area contributed by atoms with Gasteiger partial charge in [0.2, 0.25) is 0 Å². The van der Waals surface area contributed by atoms with Crippen molar-refractivity contribution in [1.82, 2.24) is 16.2 Å². The molecule has 0 aliphatic carbocycles. The fraction of sp³-hybridized carbons (Fsp3) is 0.286. The van der Waals surface area contributed by atoms with Crippen LogP contribution in [0.2, 0.25) is 0 Å². The van der Waals surface area contributed by atoms with Gasteiger partial charge in [0.05, 0.1) is 0 Å². The van der Waals surface area contributed by atoms with Crippen LogP contribution in [0, 0.1) is 0 Å². The highest BCUT2D eigenvalue weighted by Gasteiger charge is 2.21. The van der Waals surface area contributed by atoms with Crippen LogP contribution in [-0.4, -0.2) is 40.3 Å². The van der Waals surface area contributed by atoms with Crippen LogP contribution in [0.4, 0.5) is 9.59 Å². The molecule has 0 aliphatic heterocycles. The zero-order valence-corrected chi connectivity index (χ0v) is 12.5. The molecule has 10 nitrogen and oxygen atoms in total. The van der Waals surface area contributed by atoms with Gasteiger partial charge in [-0.15, -0.1) is 0 Å². The molecule has 1 rings (SSSR count). The summed E-state index contributed by atoms with van der Waals surface area (Å²) in [5.74, 6) is -2.58. The number of carboxylic acids is 2. The van der Waals surface area contributed by atoms with Gasteiger partial charge in [0, 0.05) is 6.42 Å². The molecule has 10 heteroatoms. The third kappa shape index (κ3) is 7.64. The maximum absolute atomic E-state index is 11.5. The molecule has 1 aromatic carbocycles. The molecule has 1 aromatic rings. The van der Waals surface area contributed by atoms with E-state index in [1.54, 1.807) is 30.3 Å². The molecule has 5 N–H and O–H groups in total. The van der Waals surface area contributed by atoms with Crippen LogP contribution >= 0.6 is 0 Å². The average molecular weight is 339 g/mol. The molecule has 0 saturated heterocycles. The van der Waals surface area contributed by atoms with Crippen molar-refractivity contribution in [3.63, 3.8) is 0 Å². The zero-order valence-electron chi connectivity index (χ0n) is 12.5. The van der Waals surface area contributed by atoms with Crippen molar-refractivity contribution in [2.24, 2.45) is 0 Å². The molecule has 0 heterocycles. The average Bonchev–Trinajstić information content (AvgIpc) is 2.55. The molecule has 0 spiro atoms. The second kappa shape index (κ2) is 9.66. The number of ether oxygens (including phenoxy) is 1. The van der Waals surface area contributed by atoms with Gasteiger partial charge in [-0.05, 0) is 12.0 Å². The van der Waals surface area contributed by atoms with Crippen LogP contribution in [0.25, 0.3) is 0 Å². The summed E-state index contributed by atoms with van der Waals surface area (Å²) in [4.78, 5) is 44.2. The molecule has 130 valence electrons. The van der Waals surface area contributed by atoms with Crippen LogP contribution in [0.15, 0.2) is 30.3 Å². The van der Waals surface area contributed by atoms with Crippen LogP contribution < -0.4 is 16.2 Å². The fourth-order valence-electron chi connectivity index (χ4n) is 1.59. The summed E-state index contributed by atoms with van der Waals surface area (Å²) < 4.78 is 4.82. The van der Waals surface area contributed by atoms with Gasteiger partial charge in [0.25, 0.3) is 0 Å². The number of nitrogens with one attached hydrogen (secondary N) is 3. The molecule has 0 fully saturated rings. The Morgan fingerprint density at radius 3 is 2.29 bits per heavy atom. The van der Waals surface area contributed by atoms with Gasteiger partial charge >= 0.3 is 24.1 Å². The molecule has 0 radical (unpaired) electrons. The molecule has 0 aromatic heterocycles. The van der Waals surface area contributed by atoms with Crippen molar-refractivity contribution < 1.29 is 34.1 Å². The maximum atomic E-state index is 11.5. The second-order valence-corrected chi connectivity index (χ2v) is 4.61. The highest BCUT2D eigenvalue weighted by atomic mass is 16.6. The summed E-state index contributed by atoms with van der Waals surface area (Å²) in [6.07, 6.45) is -1.66. The normalized spacial score (nSPS) is 11.0. The van der Waals surface area contributed by atoms with Crippen molar-refractivity contribution in [2.75, 3.05) is 0 Å². The summed E-state index contributed by atoms with van der Waals surface area (Å²) in [6, 6.07) is 6.42. The zero-order chi connectivity index (χ0) is 17.9. The monoisotopic (exact) mass is 339 g/mol. The van der Waals surface area contributed by atoms with Gasteiger partial charge in [-0.25, -0.2) is 25.2 Å². The van der Waals surface area contributed by atoms with Crippen molar-refractivity contribution in [2.45, 2.75) is 25.5 Å². The molecule has 0 aliphatic rings. The highest BCUT2D eigenvalue weighted by molar-refractivity contribution is 5.84. The first kappa shape index (κ1) is 18.7. The smallest absolute Gasteiger partial charge is 0.426 e. The number of carboxylic acid groups (broad SMARTS) is 2. The number of aliphatic carboxylic acids is 2.